The molecule has 0 spiro atoms. The molecule has 0 aliphatic heterocycles. The lowest BCUT2D eigenvalue weighted by atomic mass is 10.1. The lowest BCUT2D eigenvalue weighted by Crippen LogP contribution is -2.30. The van der Waals surface area contributed by atoms with E-state index in [4.69, 9.17) is 4.74 Å². The number of hydrogen-bond acceptors (Lipinski definition) is 4. The van der Waals surface area contributed by atoms with Crippen molar-refractivity contribution in [1.29, 1.82) is 0 Å². The molecule has 4 nitrogen and oxygen atoms in total. The quantitative estimate of drug-likeness (QED) is 0.561. The molecule has 2 rings (SSSR count). The third-order valence-corrected chi connectivity index (χ3v) is 4.80. The van der Waals surface area contributed by atoms with Crippen LogP contribution in [0, 0.1) is 6.92 Å². The molecule has 2 aromatic rings. The zero-order valence-corrected chi connectivity index (χ0v) is 15.7. The van der Waals surface area contributed by atoms with Crippen molar-refractivity contribution in [2.24, 2.45) is 0 Å². The highest BCUT2D eigenvalue weighted by Gasteiger charge is 2.05. The summed E-state index contributed by atoms with van der Waals surface area (Å²) in [5, 5.41) is 4.72. The second-order valence-corrected chi connectivity index (χ2v) is 7.03. The minimum atomic E-state index is -0.545. The Hall–Kier alpha value is -1.92. The van der Waals surface area contributed by atoms with Gasteiger partial charge in [0.1, 0.15) is 0 Å². The first-order valence-corrected chi connectivity index (χ1v) is 9.12. The molecule has 0 aliphatic rings. The van der Waals surface area contributed by atoms with Gasteiger partial charge in [0, 0.05) is 22.0 Å². The maximum atomic E-state index is 11.7. The zero-order chi connectivity index (χ0) is 17.4. The second kappa shape index (κ2) is 9.39. The smallest absolute Gasteiger partial charge is 0.331 e. The number of esters is 1. The van der Waals surface area contributed by atoms with Crippen molar-refractivity contribution in [3.8, 4) is 0 Å². The van der Waals surface area contributed by atoms with Crippen molar-refractivity contribution < 1.29 is 14.3 Å². The van der Waals surface area contributed by atoms with Crippen LogP contribution in [0.25, 0.3) is 6.08 Å². The van der Waals surface area contributed by atoms with Gasteiger partial charge >= 0.3 is 5.97 Å². The van der Waals surface area contributed by atoms with E-state index in [-0.39, 0.29) is 12.5 Å². The third kappa shape index (κ3) is 6.29. The number of thiophene rings is 1. The molecule has 126 valence electrons. The van der Waals surface area contributed by atoms with Gasteiger partial charge in [0.05, 0.1) is 0 Å². The fourth-order valence-electron chi connectivity index (χ4n) is 1.94. The Bertz CT molecular complexity index is 726. The van der Waals surface area contributed by atoms with Gasteiger partial charge < -0.3 is 10.1 Å². The number of rotatable bonds is 7. The molecule has 0 fully saturated rings. The summed E-state index contributed by atoms with van der Waals surface area (Å²) in [6, 6.07) is 9.82. The molecule has 1 heterocycles. The zero-order valence-electron chi connectivity index (χ0n) is 13.3. The number of benzene rings is 1. The lowest BCUT2D eigenvalue weighted by molar-refractivity contribution is -0.143. The molecule has 0 bridgehead atoms. The Morgan fingerprint density at radius 3 is 2.88 bits per heavy atom. The number of hydrogen-bond donors (Lipinski definition) is 1. The van der Waals surface area contributed by atoms with Crippen LogP contribution in [0.4, 0.5) is 0 Å². The number of amides is 1. The van der Waals surface area contributed by atoms with Crippen LogP contribution < -0.4 is 5.32 Å². The molecule has 1 aromatic heterocycles. The fraction of sp³-hybridized carbons (Fsp3) is 0.222. The molecule has 0 saturated carbocycles. The van der Waals surface area contributed by atoms with E-state index in [1.54, 1.807) is 17.4 Å². The van der Waals surface area contributed by atoms with Gasteiger partial charge in [0.25, 0.3) is 5.91 Å². The van der Waals surface area contributed by atoms with Crippen LogP contribution in [-0.4, -0.2) is 25.0 Å². The number of nitrogens with one attached hydrogen (secondary N) is 1. The molecule has 24 heavy (non-hydrogen) atoms. The Kier molecular flexibility index (Phi) is 7.21. The summed E-state index contributed by atoms with van der Waals surface area (Å²) >= 11 is 5.09. The van der Waals surface area contributed by atoms with Crippen molar-refractivity contribution in [1.82, 2.24) is 5.32 Å². The van der Waals surface area contributed by atoms with Gasteiger partial charge in [-0.1, -0.05) is 34.1 Å². The normalized spacial score (nSPS) is 10.8. The molecule has 6 heteroatoms. The fourth-order valence-corrected chi connectivity index (χ4v) is 3.28. The predicted octanol–water partition coefficient (Wildman–Crippen LogP) is 3.73. The van der Waals surface area contributed by atoms with E-state index in [1.807, 2.05) is 42.6 Å². The first kappa shape index (κ1) is 18.4. The highest BCUT2D eigenvalue weighted by molar-refractivity contribution is 9.10. The summed E-state index contributed by atoms with van der Waals surface area (Å²) in [5.41, 5.74) is 2.00. The lowest BCUT2D eigenvalue weighted by Gasteiger charge is -2.04. The van der Waals surface area contributed by atoms with Crippen LogP contribution >= 0.6 is 27.3 Å². The Balaban J connectivity index is 1.70. The molecular formula is C18H18BrNO3S. The molecule has 1 N–H and O–H groups in total. The molecule has 0 atom stereocenters. The number of ether oxygens (including phenoxy) is 1. The van der Waals surface area contributed by atoms with E-state index in [1.165, 1.54) is 11.0 Å². The average molecular weight is 408 g/mol. The Morgan fingerprint density at radius 1 is 1.33 bits per heavy atom. The number of aryl methyl sites for hydroxylation is 1. The predicted molar refractivity (Wildman–Crippen MR) is 99.9 cm³/mol. The summed E-state index contributed by atoms with van der Waals surface area (Å²) in [6.45, 7) is 2.25. The standard InChI is InChI=1S/C18H18BrNO3S/c1-13-4-5-14(16(19)11-13)6-7-18(22)23-12-17(21)20-9-8-15-3-2-10-24-15/h2-7,10-11H,8-9,12H2,1H3,(H,20,21)/b7-6+. The minimum Gasteiger partial charge on any atom is -0.452 e. The molecule has 0 aliphatic carbocycles. The molecule has 0 unspecified atom stereocenters. The van der Waals surface area contributed by atoms with Crippen molar-refractivity contribution >= 4 is 45.2 Å². The summed E-state index contributed by atoms with van der Waals surface area (Å²) in [4.78, 5) is 24.5. The van der Waals surface area contributed by atoms with E-state index >= 15 is 0 Å². The van der Waals surface area contributed by atoms with E-state index in [2.05, 4.69) is 21.2 Å². The van der Waals surface area contributed by atoms with Gasteiger partial charge in [-0.15, -0.1) is 11.3 Å². The maximum absolute atomic E-state index is 11.7. The summed E-state index contributed by atoms with van der Waals surface area (Å²) in [7, 11) is 0. The third-order valence-electron chi connectivity index (χ3n) is 3.17. The Morgan fingerprint density at radius 2 is 2.17 bits per heavy atom. The highest BCUT2D eigenvalue weighted by Crippen LogP contribution is 2.19. The van der Waals surface area contributed by atoms with Gasteiger partial charge in [0.2, 0.25) is 0 Å². The maximum Gasteiger partial charge on any atom is 0.331 e. The SMILES string of the molecule is Cc1ccc(/C=C/C(=O)OCC(=O)NCCc2cccs2)c(Br)c1. The van der Waals surface area contributed by atoms with Gasteiger partial charge in [0.15, 0.2) is 6.61 Å². The van der Waals surface area contributed by atoms with E-state index < -0.39 is 5.97 Å². The van der Waals surface area contributed by atoms with Crippen LogP contribution in [0.2, 0.25) is 0 Å². The van der Waals surface area contributed by atoms with Crippen LogP contribution in [0.1, 0.15) is 16.0 Å². The first-order valence-electron chi connectivity index (χ1n) is 7.44. The molecule has 0 saturated heterocycles. The number of halogens is 1. The van der Waals surface area contributed by atoms with Gasteiger partial charge in [-0.2, -0.15) is 0 Å². The largest absolute Gasteiger partial charge is 0.452 e. The van der Waals surface area contributed by atoms with Crippen molar-refractivity contribution in [2.45, 2.75) is 13.3 Å². The van der Waals surface area contributed by atoms with Crippen molar-refractivity contribution in [2.75, 3.05) is 13.2 Å². The van der Waals surface area contributed by atoms with Crippen LogP contribution in [-0.2, 0) is 20.7 Å². The van der Waals surface area contributed by atoms with Gasteiger partial charge in [-0.25, -0.2) is 4.79 Å². The summed E-state index contributed by atoms with van der Waals surface area (Å²) < 4.78 is 5.83. The van der Waals surface area contributed by atoms with Crippen molar-refractivity contribution in [3.05, 3.63) is 62.3 Å². The summed E-state index contributed by atoms with van der Waals surface area (Å²) in [5.74, 6) is -0.847. The summed E-state index contributed by atoms with van der Waals surface area (Å²) in [6.07, 6.45) is 3.74. The highest BCUT2D eigenvalue weighted by atomic mass is 79.9. The van der Waals surface area contributed by atoms with E-state index in [0.717, 1.165) is 22.0 Å². The second-order valence-electron chi connectivity index (χ2n) is 5.15. The van der Waals surface area contributed by atoms with Gasteiger partial charge in [-0.3, -0.25) is 4.79 Å². The van der Waals surface area contributed by atoms with E-state index in [9.17, 15) is 9.59 Å². The average Bonchev–Trinajstić information content (AvgIpc) is 3.05. The molecule has 1 aromatic carbocycles. The van der Waals surface area contributed by atoms with Crippen LogP contribution in [0.15, 0.2) is 46.3 Å². The number of carbonyl (C=O) groups excluding carboxylic acids is 2. The topological polar surface area (TPSA) is 55.4 Å². The molecule has 1 amide bonds. The van der Waals surface area contributed by atoms with E-state index in [0.29, 0.717) is 6.54 Å². The Labute approximate surface area is 153 Å². The van der Waals surface area contributed by atoms with Crippen LogP contribution in [0.5, 0.6) is 0 Å². The first-order chi connectivity index (χ1) is 11.5. The number of carbonyl (C=O) groups is 2. The van der Waals surface area contributed by atoms with Gasteiger partial charge in [-0.05, 0) is 48.1 Å². The molecular weight excluding hydrogens is 390 g/mol. The monoisotopic (exact) mass is 407 g/mol. The van der Waals surface area contributed by atoms with Crippen molar-refractivity contribution in [3.63, 3.8) is 0 Å². The molecule has 0 radical (unpaired) electrons. The minimum absolute atomic E-state index is 0.275. The van der Waals surface area contributed by atoms with Crippen LogP contribution in [0.3, 0.4) is 0 Å².